The molecule has 0 aliphatic heterocycles. The third kappa shape index (κ3) is 5.14. The van der Waals surface area contributed by atoms with Crippen molar-refractivity contribution in [2.75, 3.05) is 12.4 Å². The monoisotopic (exact) mass is 417 g/mol. The van der Waals surface area contributed by atoms with Gasteiger partial charge in [0.15, 0.2) is 0 Å². The molecule has 0 saturated carbocycles. The predicted molar refractivity (Wildman–Crippen MR) is 101 cm³/mol. The van der Waals surface area contributed by atoms with Gasteiger partial charge < -0.3 is 15.4 Å². The van der Waals surface area contributed by atoms with Gasteiger partial charge in [0, 0.05) is 17.7 Å². The highest BCUT2D eigenvalue weighted by atomic mass is 35.6. The Hall–Kier alpha value is -2.22. The number of methoxy groups -OCH3 is 1. The first-order valence-corrected chi connectivity index (χ1v) is 8.37. The van der Waals surface area contributed by atoms with E-state index in [9.17, 15) is 14.9 Å². The number of nitro groups is 1. The number of amides is 1. The molecule has 0 saturated heterocycles. The summed E-state index contributed by atoms with van der Waals surface area (Å²) >= 11 is 17.9. The number of rotatable bonds is 6. The summed E-state index contributed by atoms with van der Waals surface area (Å²) in [6.45, 7) is 0. The molecule has 0 bridgehead atoms. The number of carbonyl (C=O) groups excluding carboxylic acids is 1. The maximum atomic E-state index is 12.4. The lowest BCUT2D eigenvalue weighted by Crippen LogP contribution is -2.49. The zero-order valence-corrected chi connectivity index (χ0v) is 15.7. The minimum atomic E-state index is -1.88. The standard InChI is InChI=1S/C16H14Cl3N3O4/c1-26-13-5-3-2-4-12(13)20-15(16(17,18)19)21-14(23)10-6-8-11(9-7-10)22(24)25/h2-9,15,20H,1H3,(H,21,23)/t15-/m1/s1. The van der Waals surface area contributed by atoms with Crippen molar-refractivity contribution >= 4 is 52.1 Å². The van der Waals surface area contributed by atoms with E-state index in [4.69, 9.17) is 39.5 Å². The van der Waals surface area contributed by atoms with Gasteiger partial charge in [-0.2, -0.15) is 0 Å². The van der Waals surface area contributed by atoms with E-state index in [0.717, 1.165) is 0 Å². The van der Waals surface area contributed by atoms with Crippen LogP contribution in [0.1, 0.15) is 10.4 Å². The number of para-hydroxylation sites is 2. The fourth-order valence-electron chi connectivity index (χ4n) is 2.07. The molecule has 138 valence electrons. The first-order valence-electron chi connectivity index (χ1n) is 7.24. The Morgan fingerprint density at radius 1 is 1.15 bits per heavy atom. The van der Waals surface area contributed by atoms with Crippen LogP contribution in [0.25, 0.3) is 0 Å². The van der Waals surface area contributed by atoms with Gasteiger partial charge in [-0.15, -0.1) is 0 Å². The number of carbonyl (C=O) groups is 1. The lowest BCUT2D eigenvalue weighted by atomic mass is 10.2. The number of hydrogen-bond acceptors (Lipinski definition) is 5. The average molecular weight is 419 g/mol. The van der Waals surface area contributed by atoms with Gasteiger partial charge in [0.1, 0.15) is 11.9 Å². The predicted octanol–water partition coefficient (Wildman–Crippen LogP) is 4.14. The molecule has 1 atom stereocenters. The fraction of sp³-hybridized carbons (Fsp3) is 0.188. The van der Waals surface area contributed by atoms with Gasteiger partial charge in [-0.05, 0) is 24.3 Å². The van der Waals surface area contributed by atoms with Crippen LogP contribution in [0.2, 0.25) is 0 Å². The maximum absolute atomic E-state index is 12.4. The van der Waals surface area contributed by atoms with E-state index in [1.54, 1.807) is 24.3 Å². The summed E-state index contributed by atoms with van der Waals surface area (Å²) in [4.78, 5) is 22.5. The Balaban J connectivity index is 2.20. The Morgan fingerprint density at radius 3 is 2.31 bits per heavy atom. The van der Waals surface area contributed by atoms with Crippen molar-refractivity contribution in [2.45, 2.75) is 9.96 Å². The molecule has 0 aliphatic carbocycles. The molecule has 2 rings (SSSR count). The zero-order chi connectivity index (χ0) is 19.3. The van der Waals surface area contributed by atoms with E-state index >= 15 is 0 Å². The zero-order valence-electron chi connectivity index (χ0n) is 13.4. The summed E-state index contributed by atoms with van der Waals surface area (Å²) < 4.78 is 3.34. The number of non-ortho nitro benzene ring substituents is 1. The van der Waals surface area contributed by atoms with Crippen molar-refractivity contribution < 1.29 is 14.5 Å². The fourth-order valence-corrected chi connectivity index (χ4v) is 2.40. The quantitative estimate of drug-likeness (QED) is 0.318. The number of halogens is 3. The molecule has 2 aromatic carbocycles. The van der Waals surface area contributed by atoms with E-state index < -0.39 is 20.8 Å². The molecule has 0 heterocycles. The largest absolute Gasteiger partial charge is 0.495 e. The van der Waals surface area contributed by atoms with Gasteiger partial charge in [0.25, 0.3) is 11.6 Å². The molecule has 0 aromatic heterocycles. The summed E-state index contributed by atoms with van der Waals surface area (Å²) in [6, 6.07) is 12.0. The molecule has 10 heteroatoms. The molecule has 0 fully saturated rings. The number of alkyl halides is 3. The van der Waals surface area contributed by atoms with Gasteiger partial charge >= 0.3 is 0 Å². The van der Waals surface area contributed by atoms with Crippen LogP contribution in [0.3, 0.4) is 0 Å². The Morgan fingerprint density at radius 2 is 1.77 bits per heavy atom. The van der Waals surface area contributed by atoms with Crippen molar-refractivity contribution in [3.8, 4) is 5.75 Å². The summed E-state index contributed by atoms with van der Waals surface area (Å²) in [7, 11) is 1.49. The highest BCUT2D eigenvalue weighted by Gasteiger charge is 2.34. The van der Waals surface area contributed by atoms with Gasteiger partial charge in [-0.25, -0.2) is 0 Å². The van der Waals surface area contributed by atoms with E-state index in [2.05, 4.69) is 10.6 Å². The summed E-state index contributed by atoms with van der Waals surface area (Å²) in [6.07, 6.45) is -1.09. The van der Waals surface area contributed by atoms with E-state index in [-0.39, 0.29) is 11.3 Å². The van der Waals surface area contributed by atoms with Crippen LogP contribution < -0.4 is 15.4 Å². The minimum absolute atomic E-state index is 0.133. The highest BCUT2D eigenvalue weighted by Crippen LogP contribution is 2.33. The number of anilines is 1. The summed E-state index contributed by atoms with van der Waals surface area (Å²) in [5.41, 5.74) is 0.554. The number of nitro benzene ring substituents is 1. The van der Waals surface area contributed by atoms with Crippen molar-refractivity contribution in [3.63, 3.8) is 0 Å². The minimum Gasteiger partial charge on any atom is -0.495 e. The normalized spacial score (nSPS) is 12.2. The van der Waals surface area contributed by atoms with Crippen molar-refractivity contribution in [2.24, 2.45) is 0 Å². The maximum Gasteiger partial charge on any atom is 0.269 e. The number of hydrogen-bond donors (Lipinski definition) is 2. The molecule has 2 N–H and O–H groups in total. The molecule has 0 radical (unpaired) electrons. The third-order valence-electron chi connectivity index (χ3n) is 3.35. The Labute approximate surface area is 164 Å². The van der Waals surface area contributed by atoms with Crippen LogP contribution in [-0.2, 0) is 0 Å². The molecular weight excluding hydrogens is 405 g/mol. The van der Waals surface area contributed by atoms with Crippen molar-refractivity contribution in [3.05, 3.63) is 64.2 Å². The second-order valence-electron chi connectivity index (χ2n) is 5.10. The topological polar surface area (TPSA) is 93.5 Å². The number of nitrogens with zero attached hydrogens (tertiary/aromatic N) is 1. The molecule has 0 aliphatic rings. The Kier molecular flexibility index (Phi) is 6.52. The molecule has 2 aromatic rings. The molecule has 7 nitrogen and oxygen atoms in total. The van der Waals surface area contributed by atoms with Gasteiger partial charge in [0.05, 0.1) is 17.7 Å². The van der Waals surface area contributed by atoms with Crippen LogP contribution >= 0.6 is 34.8 Å². The van der Waals surface area contributed by atoms with Gasteiger partial charge in [-0.1, -0.05) is 46.9 Å². The number of nitrogens with one attached hydrogen (secondary N) is 2. The van der Waals surface area contributed by atoms with E-state index in [1.807, 2.05) is 0 Å². The third-order valence-corrected chi connectivity index (χ3v) is 4.00. The number of benzene rings is 2. The van der Waals surface area contributed by atoms with Gasteiger partial charge in [0.2, 0.25) is 3.79 Å². The summed E-state index contributed by atoms with van der Waals surface area (Å²) in [5.74, 6) is -0.0741. The lowest BCUT2D eigenvalue weighted by Gasteiger charge is -2.28. The van der Waals surface area contributed by atoms with Crippen molar-refractivity contribution in [1.29, 1.82) is 0 Å². The first kappa shape index (κ1) is 20.1. The average Bonchev–Trinajstić information content (AvgIpc) is 2.60. The Bertz CT molecular complexity index is 794. The van der Waals surface area contributed by atoms with Crippen LogP contribution in [0.5, 0.6) is 5.75 Å². The second-order valence-corrected chi connectivity index (χ2v) is 7.47. The molecule has 0 spiro atoms. The number of ether oxygens (including phenoxy) is 1. The van der Waals surface area contributed by atoms with E-state index in [0.29, 0.717) is 11.4 Å². The van der Waals surface area contributed by atoms with Crippen molar-refractivity contribution in [1.82, 2.24) is 5.32 Å². The first-order chi connectivity index (χ1) is 12.2. The van der Waals surface area contributed by atoms with Crippen LogP contribution in [0, 0.1) is 10.1 Å². The lowest BCUT2D eigenvalue weighted by molar-refractivity contribution is -0.384. The van der Waals surface area contributed by atoms with Crippen LogP contribution in [-0.4, -0.2) is 27.9 Å². The molecule has 1 amide bonds. The van der Waals surface area contributed by atoms with Gasteiger partial charge in [-0.3, -0.25) is 14.9 Å². The van der Waals surface area contributed by atoms with Crippen LogP contribution in [0.4, 0.5) is 11.4 Å². The SMILES string of the molecule is COc1ccccc1N[C@H](NC(=O)c1ccc([N+](=O)[O-])cc1)C(Cl)(Cl)Cl. The summed E-state index contributed by atoms with van der Waals surface area (Å²) in [5, 5.41) is 16.1. The molecule has 0 unspecified atom stereocenters. The molecular formula is C16H14Cl3N3O4. The molecule has 26 heavy (non-hydrogen) atoms. The smallest absolute Gasteiger partial charge is 0.269 e. The van der Waals surface area contributed by atoms with E-state index in [1.165, 1.54) is 31.4 Å². The highest BCUT2D eigenvalue weighted by molar-refractivity contribution is 6.68. The van der Waals surface area contributed by atoms with Crippen LogP contribution in [0.15, 0.2) is 48.5 Å². The second kappa shape index (κ2) is 8.44.